The van der Waals surface area contributed by atoms with Crippen LogP contribution in [0.4, 0.5) is 5.69 Å². The van der Waals surface area contributed by atoms with E-state index in [1.165, 1.54) is 0 Å². The number of nitrogens with zero attached hydrogens (tertiary/aromatic N) is 4. The first kappa shape index (κ1) is 15.9. The molecule has 3 aromatic rings. The van der Waals surface area contributed by atoms with E-state index in [2.05, 4.69) is 32.6 Å². The van der Waals surface area contributed by atoms with Crippen molar-refractivity contribution in [1.82, 2.24) is 25.0 Å². The first-order valence-electron chi connectivity index (χ1n) is 8.05. The summed E-state index contributed by atoms with van der Waals surface area (Å²) in [5, 5.41) is 17.9. The van der Waals surface area contributed by atoms with Gasteiger partial charge in [0.1, 0.15) is 6.33 Å². The van der Waals surface area contributed by atoms with E-state index in [-0.39, 0.29) is 5.91 Å². The van der Waals surface area contributed by atoms with Crippen molar-refractivity contribution >= 4 is 11.6 Å². The molecule has 0 bridgehead atoms. The van der Waals surface area contributed by atoms with Crippen molar-refractivity contribution in [3.8, 4) is 11.4 Å². The Morgan fingerprint density at radius 1 is 1.29 bits per heavy atom. The van der Waals surface area contributed by atoms with Crippen LogP contribution in [-0.2, 0) is 13.0 Å². The van der Waals surface area contributed by atoms with Gasteiger partial charge in [0.05, 0.1) is 0 Å². The molecule has 124 valence electrons. The van der Waals surface area contributed by atoms with Crippen molar-refractivity contribution in [3.63, 3.8) is 0 Å². The summed E-state index contributed by atoms with van der Waals surface area (Å²) in [5.74, 6) is 0.543. The quantitative estimate of drug-likeness (QED) is 0.729. The van der Waals surface area contributed by atoms with E-state index in [1.807, 2.05) is 35.8 Å². The molecule has 0 aliphatic rings. The fraction of sp³-hybridized carbons (Fsp3) is 0.294. The van der Waals surface area contributed by atoms with E-state index in [9.17, 15) is 4.79 Å². The molecule has 0 fully saturated rings. The second kappa shape index (κ2) is 7.08. The predicted octanol–water partition coefficient (Wildman–Crippen LogP) is 2.89. The van der Waals surface area contributed by atoms with Crippen molar-refractivity contribution in [2.45, 2.75) is 33.2 Å². The summed E-state index contributed by atoms with van der Waals surface area (Å²) in [6.45, 7) is 4.90. The molecule has 2 aromatic heterocycles. The topological polar surface area (TPSA) is 88.5 Å². The lowest BCUT2D eigenvalue weighted by Gasteiger charge is -2.07. The van der Waals surface area contributed by atoms with Crippen LogP contribution in [0.3, 0.4) is 0 Å². The normalized spacial score (nSPS) is 10.8. The van der Waals surface area contributed by atoms with Crippen LogP contribution in [0, 0.1) is 0 Å². The zero-order valence-electron chi connectivity index (χ0n) is 13.8. The van der Waals surface area contributed by atoms with Crippen molar-refractivity contribution in [2.75, 3.05) is 5.32 Å². The summed E-state index contributed by atoms with van der Waals surface area (Å²) in [5.41, 5.74) is 2.96. The monoisotopic (exact) mass is 324 g/mol. The van der Waals surface area contributed by atoms with E-state index in [0.29, 0.717) is 11.4 Å². The smallest absolute Gasteiger partial charge is 0.276 e. The molecule has 24 heavy (non-hydrogen) atoms. The Labute approximate surface area is 140 Å². The van der Waals surface area contributed by atoms with Crippen LogP contribution >= 0.6 is 0 Å². The number of aromatic nitrogens is 5. The summed E-state index contributed by atoms with van der Waals surface area (Å²) in [6.07, 6.45) is 3.57. The molecule has 2 heterocycles. The zero-order chi connectivity index (χ0) is 16.9. The number of nitrogens with one attached hydrogen (secondary N) is 2. The molecule has 2 N–H and O–H groups in total. The van der Waals surface area contributed by atoms with Gasteiger partial charge in [-0.2, -0.15) is 5.10 Å². The van der Waals surface area contributed by atoms with Crippen molar-refractivity contribution in [2.24, 2.45) is 0 Å². The second-order valence-electron chi connectivity index (χ2n) is 5.50. The number of benzene rings is 1. The van der Waals surface area contributed by atoms with Gasteiger partial charge in [0.25, 0.3) is 5.91 Å². The number of hydrogen-bond donors (Lipinski definition) is 2. The van der Waals surface area contributed by atoms with Gasteiger partial charge >= 0.3 is 0 Å². The Bertz CT molecular complexity index is 835. The molecule has 0 aliphatic heterocycles. The summed E-state index contributed by atoms with van der Waals surface area (Å²) < 4.78 is 1.95. The Morgan fingerprint density at radius 2 is 2.17 bits per heavy atom. The molecule has 0 saturated heterocycles. The molecule has 1 amide bonds. The fourth-order valence-corrected chi connectivity index (χ4v) is 2.52. The van der Waals surface area contributed by atoms with Crippen LogP contribution in [0.15, 0.2) is 36.7 Å². The summed E-state index contributed by atoms with van der Waals surface area (Å²) in [4.78, 5) is 12.3. The third-order valence-corrected chi connectivity index (χ3v) is 3.72. The van der Waals surface area contributed by atoms with Crippen LogP contribution < -0.4 is 5.32 Å². The third-order valence-electron chi connectivity index (χ3n) is 3.72. The van der Waals surface area contributed by atoms with Crippen molar-refractivity contribution in [1.29, 1.82) is 0 Å². The fourth-order valence-electron chi connectivity index (χ4n) is 2.52. The van der Waals surface area contributed by atoms with Gasteiger partial charge in [0.15, 0.2) is 11.5 Å². The summed E-state index contributed by atoms with van der Waals surface area (Å²) >= 11 is 0. The first-order chi connectivity index (χ1) is 11.7. The van der Waals surface area contributed by atoms with Crippen molar-refractivity contribution < 1.29 is 4.79 Å². The molecule has 0 radical (unpaired) electrons. The van der Waals surface area contributed by atoms with Gasteiger partial charge in [-0.15, -0.1) is 10.2 Å². The Kier molecular flexibility index (Phi) is 4.69. The predicted molar refractivity (Wildman–Crippen MR) is 91.7 cm³/mol. The maximum absolute atomic E-state index is 12.3. The minimum absolute atomic E-state index is 0.234. The second-order valence-corrected chi connectivity index (χ2v) is 5.50. The first-order valence-corrected chi connectivity index (χ1v) is 8.05. The number of aromatic amines is 1. The Hall–Kier alpha value is -2.96. The van der Waals surface area contributed by atoms with Gasteiger partial charge in [-0.3, -0.25) is 9.89 Å². The highest BCUT2D eigenvalue weighted by atomic mass is 16.1. The lowest BCUT2D eigenvalue weighted by Crippen LogP contribution is -2.12. The van der Waals surface area contributed by atoms with Crippen molar-refractivity contribution in [3.05, 3.63) is 48.0 Å². The van der Waals surface area contributed by atoms with Gasteiger partial charge < -0.3 is 9.88 Å². The highest BCUT2D eigenvalue weighted by Gasteiger charge is 2.12. The van der Waals surface area contributed by atoms with Crippen LogP contribution in [0.5, 0.6) is 0 Å². The number of carbonyl (C=O) groups is 1. The number of hydrogen-bond acceptors (Lipinski definition) is 4. The van der Waals surface area contributed by atoms with E-state index in [0.717, 1.165) is 36.5 Å². The number of aryl methyl sites for hydroxylation is 2. The molecule has 0 unspecified atom stereocenters. The SMILES string of the molecule is CCCc1cc(C(=O)Nc2cccc(-c3nncn3CC)c2)n[nH]1. The molecular weight excluding hydrogens is 304 g/mol. The molecule has 0 atom stereocenters. The molecule has 0 aliphatic carbocycles. The minimum atomic E-state index is -0.234. The van der Waals surface area contributed by atoms with Gasteiger partial charge in [0, 0.05) is 23.5 Å². The highest BCUT2D eigenvalue weighted by molar-refractivity contribution is 6.03. The van der Waals surface area contributed by atoms with E-state index >= 15 is 0 Å². The van der Waals surface area contributed by atoms with Gasteiger partial charge in [-0.1, -0.05) is 25.5 Å². The molecule has 0 spiro atoms. The minimum Gasteiger partial charge on any atom is -0.321 e. The number of H-pyrrole nitrogens is 1. The van der Waals surface area contributed by atoms with E-state index in [1.54, 1.807) is 12.4 Å². The molecule has 7 heteroatoms. The number of carbonyl (C=O) groups excluding carboxylic acids is 1. The Balaban J connectivity index is 1.78. The van der Waals surface area contributed by atoms with E-state index in [4.69, 9.17) is 0 Å². The van der Waals surface area contributed by atoms with Crippen LogP contribution in [0.25, 0.3) is 11.4 Å². The Morgan fingerprint density at radius 3 is 2.96 bits per heavy atom. The maximum Gasteiger partial charge on any atom is 0.276 e. The van der Waals surface area contributed by atoms with Gasteiger partial charge in [-0.05, 0) is 31.5 Å². The largest absolute Gasteiger partial charge is 0.321 e. The number of anilines is 1. The maximum atomic E-state index is 12.3. The molecular formula is C17H20N6O. The zero-order valence-corrected chi connectivity index (χ0v) is 13.8. The standard InChI is InChI=1S/C17H20N6O/c1-3-6-14-10-15(21-20-14)17(24)19-13-8-5-7-12(9-13)16-22-18-11-23(16)4-2/h5,7-11H,3-4,6H2,1-2H3,(H,19,24)(H,20,21). The summed E-state index contributed by atoms with van der Waals surface area (Å²) in [7, 11) is 0. The van der Waals surface area contributed by atoms with Crippen LogP contribution in [-0.4, -0.2) is 30.9 Å². The van der Waals surface area contributed by atoms with Crippen LogP contribution in [0.1, 0.15) is 36.5 Å². The van der Waals surface area contributed by atoms with Crippen LogP contribution in [0.2, 0.25) is 0 Å². The lowest BCUT2D eigenvalue weighted by atomic mass is 10.2. The number of amides is 1. The van der Waals surface area contributed by atoms with Gasteiger partial charge in [0.2, 0.25) is 0 Å². The van der Waals surface area contributed by atoms with E-state index < -0.39 is 0 Å². The molecule has 7 nitrogen and oxygen atoms in total. The lowest BCUT2D eigenvalue weighted by molar-refractivity contribution is 0.102. The highest BCUT2D eigenvalue weighted by Crippen LogP contribution is 2.21. The average molecular weight is 324 g/mol. The summed E-state index contributed by atoms with van der Waals surface area (Å²) in [6, 6.07) is 9.34. The molecule has 1 aromatic carbocycles. The average Bonchev–Trinajstić information content (AvgIpc) is 3.24. The third kappa shape index (κ3) is 3.34. The molecule has 3 rings (SSSR count). The van der Waals surface area contributed by atoms with Gasteiger partial charge in [-0.25, -0.2) is 0 Å². The molecule has 0 saturated carbocycles. The number of rotatable bonds is 6.